The van der Waals surface area contributed by atoms with Crippen molar-refractivity contribution in [2.75, 3.05) is 6.61 Å². The largest absolute Gasteiger partial charge is 0.465 e. The van der Waals surface area contributed by atoms with Crippen LogP contribution in [0, 0.1) is 0 Å². The van der Waals surface area contributed by atoms with Crippen molar-refractivity contribution in [3.8, 4) is 0 Å². The van der Waals surface area contributed by atoms with E-state index < -0.39 is 5.92 Å². The van der Waals surface area contributed by atoms with Crippen LogP contribution in [0.1, 0.15) is 32.4 Å². The van der Waals surface area contributed by atoms with Gasteiger partial charge >= 0.3 is 5.97 Å². The number of ether oxygens (including phenoxy) is 1. The first-order valence-electron chi connectivity index (χ1n) is 6.76. The molecule has 0 aliphatic rings. The van der Waals surface area contributed by atoms with Crippen LogP contribution < -0.4 is 5.56 Å². The van der Waals surface area contributed by atoms with Gasteiger partial charge in [0.1, 0.15) is 0 Å². The standard InChI is InChI=1S/C15H18N2O3/c1-4-17-14(18)12-9-7-6-8-11(12)13(16-17)10(3)15(19)20-5-2/h6-10H,4-5H2,1-3H3. The van der Waals surface area contributed by atoms with E-state index in [2.05, 4.69) is 5.10 Å². The lowest BCUT2D eigenvalue weighted by Gasteiger charge is -2.14. The number of benzene rings is 1. The Labute approximate surface area is 117 Å². The maximum Gasteiger partial charge on any atom is 0.314 e. The summed E-state index contributed by atoms with van der Waals surface area (Å²) < 4.78 is 6.43. The molecule has 2 rings (SSSR count). The minimum atomic E-state index is -0.502. The topological polar surface area (TPSA) is 61.2 Å². The third-order valence-corrected chi connectivity index (χ3v) is 3.25. The van der Waals surface area contributed by atoms with Crippen LogP contribution >= 0.6 is 0 Å². The molecule has 1 unspecified atom stereocenters. The number of rotatable bonds is 4. The zero-order chi connectivity index (χ0) is 14.7. The minimum absolute atomic E-state index is 0.136. The van der Waals surface area contributed by atoms with E-state index in [1.54, 1.807) is 19.9 Å². The van der Waals surface area contributed by atoms with Crippen LogP contribution in [0.2, 0.25) is 0 Å². The Morgan fingerprint density at radius 1 is 1.30 bits per heavy atom. The Kier molecular flexibility index (Phi) is 4.17. The molecule has 1 aromatic carbocycles. The van der Waals surface area contributed by atoms with Gasteiger partial charge in [-0.2, -0.15) is 5.10 Å². The lowest BCUT2D eigenvalue weighted by molar-refractivity contribution is -0.144. The van der Waals surface area contributed by atoms with Crippen molar-refractivity contribution in [3.05, 3.63) is 40.3 Å². The van der Waals surface area contributed by atoms with Crippen LogP contribution in [-0.2, 0) is 16.1 Å². The fraction of sp³-hybridized carbons (Fsp3) is 0.400. The summed E-state index contributed by atoms with van der Waals surface area (Å²) in [4.78, 5) is 24.1. The molecule has 1 atom stereocenters. The number of nitrogens with zero attached hydrogens (tertiary/aromatic N) is 2. The molecule has 5 heteroatoms. The first-order valence-corrected chi connectivity index (χ1v) is 6.76. The van der Waals surface area contributed by atoms with Crippen LogP contribution in [0.4, 0.5) is 0 Å². The Morgan fingerprint density at radius 2 is 1.95 bits per heavy atom. The average Bonchev–Trinajstić information content (AvgIpc) is 2.47. The van der Waals surface area contributed by atoms with E-state index >= 15 is 0 Å². The lowest BCUT2D eigenvalue weighted by atomic mass is 10.0. The van der Waals surface area contributed by atoms with Gasteiger partial charge in [0.05, 0.1) is 23.6 Å². The van der Waals surface area contributed by atoms with E-state index in [1.165, 1.54) is 4.68 Å². The predicted molar refractivity (Wildman–Crippen MR) is 76.7 cm³/mol. The van der Waals surface area contributed by atoms with E-state index in [0.29, 0.717) is 29.6 Å². The van der Waals surface area contributed by atoms with Gasteiger partial charge in [-0.3, -0.25) is 9.59 Å². The fourth-order valence-corrected chi connectivity index (χ4v) is 2.17. The first kappa shape index (κ1) is 14.2. The van der Waals surface area contributed by atoms with Gasteiger partial charge in [0.25, 0.3) is 5.56 Å². The molecule has 5 nitrogen and oxygen atoms in total. The number of aromatic nitrogens is 2. The first-order chi connectivity index (χ1) is 9.60. The maximum absolute atomic E-state index is 12.2. The molecule has 0 saturated heterocycles. The van der Waals surface area contributed by atoms with Gasteiger partial charge in [-0.05, 0) is 26.8 Å². The maximum atomic E-state index is 12.2. The molecule has 0 amide bonds. The molecule has 106 valence electrons. The van der Waals surface area contributed by atoms with Gasteiger partial charge in [0, 0.05) is 11.9 Å². The summed E-state index contributed by atoms with van der Waals surface area (Å²) in [5.74, 6) is -0.829. The van der Waals surface area contributed by atoms with Crippen molar-refractivity contribution < 1.29 is 9.53 Å². The fourth-order valence-electron chi connectivity index (χ4n) is 2.17. The van der Waals surface area contributed by atoms with Gasteiger partial charge in [-0.25, -0.2) is 4.68 Å². The second-order valence-electron chi connectivity index (χ2n) is 4.53. The van der Waals surface area contributed by atoms with Gasteiger partial charge in [-0.1, -0.05) is 18.2 Å². The number of hydrogen-bond acceptors (Lipinski definition) is 4. The molecule has 0 spiro atoms. The highest BCUT2D eigenvalue weighted by molar-refractivity contribution is 5.89. The Morgan fingerprint density at radius 3 is 2.55 bits per heavy atom. The highest BCUT2D eigenvalue weighted by Gasteiger charge is 2.22. The van der Waals surface area contributed by atoms with Crippen molar-refractivity contribution in [2.45, 2.75) is 33.2 Å². The summed E-state index contributed by atoms with van der Waals surface area (Å²) in [6.07, 6.45) is 0. The molecule has 0 bridgehead atoms. The highest BCUT2D eigenvalue weighted by Crippen LogP contribution is 2.22. The van der Waals surface area contributed by atoms with Crippen LogP contribution in [0.25, 0.3) is 10.8 Å². The monoisotopic (exact) mass is 274 g/mol. The molecular weight excluding hydrogens is 256 g/mol. The summed E-state index contributed by atoms with van der Waals surface area (Å²) in [7, 11) is 0. The van der Waals surface area contributed by atoms with Crippen molar-refractivity contribution in [1.82, 2.24) is 9.78 Å². The SMILES string of the molecule is CCOC(=O)C(C)c1nn(CC)c(=O)c2ccccc12. The summed E-state index contributed by atoms with van der Waals surface area (Å²) >= 11 is 0. The Balaban J connectivity index is 2.66. The van der Waals surface area contributed by atoms with E-state index in [-0.39, 0.29) is 11.5 Å². The smallest absolute Gasteiger partial charge is 0.314 e. The predicted octanol–water partition coefficient (Wildman–Crippen LogP) is 2.08. The van der Waals surface area contributed by atoms with Crippen molar-refractivity contribution in [2.24, 2.45) is 0 Å². The second-order valence-corrected chi connectivity index (χ2v) is 4.53. The van der Waals surface area contributed by atoms with Gasteiger partial charge in [0.15, 0.2) is 0 Å². The van der Waals surface area contributed by atoms with Crippen LogP contribution in [-0.4, -0.2) is 22.4 Å². The van der Waals surface area contributed by atoms with Crippen molar-refractivity contribution >= 4 is 16.7 Å². The third-order valence-electron chi connectivity index (χ3n) is 3.25. The second kappa shape index (κ2) is 5.86. The quantitative estimate of drug-likeness (QED) is 0.801. The molecule has 20 heavy (non-hydrogen) atoms. The normalized spacial score (nSPS) is 12.3. The van der Waals surface area contributed by atoms with E-state index in [0.717, 1.165) is 0 Å². The minimum Gasteiger partial charge on any atom is -0.465 e. The number of fused-ring (bicyclic) bond motifs is 1. The molecule has 1 aromatic heterocycles. The molecule has 0 aliphatic carbocycles. The van der Waals surface area contributed by atoms with Gasteiger partial charge < -0.3 is 4.74 Å². The van der Waals surface area contributed by atoms with Crippen LogP contribution in [0.5, 0.6) is 0 Å². The van der Waals surface area contributed by atoms with Crippen molar-refractivity contribution in [3.63, 3.8) is 0 Å². The average molecular weight is 274 g/mol. The zero-order valence-electron chi connectivity index (χ0n) is 11.9. The molecular formula is C15H18N2O3. The van der Waals surface area contributed by atoms with E-state index in [1.807, 2.05) is 25.1 Å². The summed E-state index contributed by atoms with van der Waals surface area (Å²) in [5.41, 5.74) is 0.448. The molecule has 0 aliphatic heterocycles. The van der Waals surface area contributed by atoms with Gasteiger partial charge in [0.2, 0.25) is 0 Å². The van der Waals surface area contributed by atoms with E-state index in [9.17, 15) is 9.59 Å². The number of esters is 1. The highest BCUT2D eigenvalue weighted by atomic mass is 16.5. The third kappa shape index (κ3) is 2.43. The lowest BCUT2D eigenvalue weighted by Crippen LogP contribution is -2.26. The number of carbonyl (C=O) groups excluding carboxylic acids is 1. The summed E-state index contributed by atoms with van der Waals surface area (Å²) in [5, 5.41) is 5.62. The molecule has 0 radical (unpaired) electrons. The van der Waals surface area contributed by atoms with E-state index in [4.69, 9.17) is 4.74 Å². The molecule has 1 heterocycles. The zero-order valence-corrected chi connectivity index (χ0v) is 11.9. The molecule has 2 aromatic rings. The number of hydrogen-bond donors (Lipinski definition) is 0. The Hall–Kier alpha value is -2.17. The molecule has 0 fully saturated rings. The molecule has 0 N–H and O–H groups in total. The van der Waals surface area contributed by atoms with Crippen LogP contribution in [0.15, 0.2) is 29.1 Å². The Bertz CT molecular complexity index is 691. The van der Waals surface area contributed by atoms with Gasteiger partial charge in [-0.15, -0.1) is 0 Å². The molecule has 0 saturated carbocycles. The summed E-state index contributed by atoms with van der Waals surface area (Å²) in [6, 6.07) is 7.21. The number of carbonyl (C=O) groups is 1. The van der Waals surface area contributed by atoms with Crippen molar-refractivity contribution in [1.29, 1.82) is 0 Å². The summed E-state index contributed by atoms with van der Waals surface area (Å²) in [6.45, 7) is 6.16. The number of aryl methyl sites for hydroxylation is 1. The van der Waals surface area contributed by atoms with Crippen LogP contribution in [0.3, 0.4) is 0 Å².